The van der Waals surface area contributed by atoms with E-state index in [1.807, 2.05) is 19.9 Å². The van der Waals surface area contributed by atoms with Crippen molar-refractivity contribution in [1.29, 1.82) is 0 Å². The number of hydrogen-bond donors (Lipinski definition) is 1. The van der Waals surface area contributed by atoms with Gasteiger partial charge in [-0.3, -0.25) is 14.4 Å². The second-order valence-corrected chi connectivity index (χ2v) is 9.68. The lowest BCUT2D eigenvalue weighted by atomic mass is 9.69. The molecule has 1 aliphatic heterocycles. The summed E-state index contributed by atoms with van der Waals surface area (Å²) in [5.74, 6) is -4.17. The molecule has 4 atom stereocenters. The molecule has 0 saturated heterocycles. The molecule has 0 unspecified atom stereocenters. The Bertz CT molecular complexity index is 1380. The lowest BCUT2D eigenvalue weighted by Gasteiger charge is -2.38. The first-order chi connectivity index (χ1) is 17.1. The van der Waals surface area contributed by atoms with Crippen LogP contribution in [0.15, 0.2) is 56.2 Å². The molecule has 4 rings (SSSR count). The summed E-state index contributed by atoms with van der Waals surface area (Å²) in [5.41, 5.74) is 2.49. The summed E-state index contributed by atoms with van der Waals surface area (Å²) in [5, 5.41) is 3.55. The van der Waals surface area contributed by atoms with Crippen LogP contribution in [0.1, 0.15) is 57.6 Å². The number of aryl methyl sites for hydroxylation is 1. The monoisotopic (exact) mass is 493 g/mol. The smallest absolute Gasteiger partial charge is 0.337 e. The molecule has 0 bridgehead atoms. The van der Waals surface area contributed by atoms with Crippen LogP contribution in [0.2, 0.25) is 0 Å². The van der Waals surface area contributed by atoms with Gasteiger partial charge in [-0.2, -0.15) is 0 Å². The maximum absolute atomic E-state index is 13.8. The Morgan fingerprint density at radius 2 is 1.94 bits per heavy atom. The van der Waals surface area contributed by atoms with Crippen LogP contribution in [0.4, 0.5) is 0 Å². The van der Waals surface area contributed by atoms with Gasteiger partial charge in [-0.05, 0) is 51.7 Å². The number of Topliss-reactive ketones (excluding diaryl/α,β-unsaturated/α-hetero) is 1. The number of benzene rings is 1. The third kappa shape index (κ3) is 4.25. The SMILES string of the molecule is CC[C@@H](C)OC(=O)C1=C(C)NC2=C(C(=O)[C@@H](C(=O)OC)[C@@H](C)C2)[C@H]1c1coc2ccc(C)cc2c1=O. The molecule has 0 fully saturated rings. The second-order valence-electron chi connectivity index (χ2n) is 9.68. The van der Waals surface area contributed by atoms with Crippen molar-refractivity contribution in [3.8, 4) is 0 Å². The van der Waals surface area contributed by atoms with Crippen LogP contribution in [-0.4, -0.2) is 30.9 Å². The summed E-state index contributed by atoms with van der Waals surface area (Å²) in [7, 11) is 1.24. The van der Waals surface area contributed by atoms with Crippen LogP contribution in [0.25, 0.3) is 11.0 Å². The molecular formula is C28H31NO7. The molecule has 0 radical (unpaired) electrons. The molecule has 1 aromatic carbocycles. The standard InChI is InChI=1S/C28H31NO7/c1-7-15(4)36-28(33)22-16(5)29-19-11-14(3)21(27(32)34-6)26(31)24(19)23(22)18-12-35-20-9-8-13(2)10-17(20)25(18)30/h8-10,12,14-15,21,23,29H,7,11H2,1-6H3/t14-,15+,21-,23-/m0/s1. The van der Waals surface area contributed by atoms with Gasteiger partial charge in [0, 0.05) is 22.5 Å². The van der Waals surface area contributed by atoms with Crippen molar-refractivity contribution in [3.63, 3.8) is 0 Å². The van der Waals surface area contributed by atoms with Gasteiger partial charge in [0.1, 0.15) is 11.5 Å². The zero-order valence-corrected chi connectivity index (χ0v) is 21.4. The number of fused-ring (bicyclic) bond motifs is 1. The largest absolute Gasteiger partial charge is 0.468 e. The molecule has 1 N–H and O–H groups in total. The second kappa shape index (κ2) is 9.76. The number of carbonyl (C=O) groups excluding carboxylic acids is 3. The first-order valence-corrected chi connectivity index (χ1v) is 12.1. The maximum Gasteiger partial charge on any atom is 0.337 e. The van der Waals surface area contributed by atoms with E-state index >= 15 is 0 Å². The van der Waals surface area contributed by atoms with E-state index in [1.54, 1.807) is 32.9 Å². The van der Waals surface area contributed by atoms with E-state index in [2.05, 4.69) is 5.32 Å². The Morgan fingerprint density at radius 1 is 1.22 bits per heavy atom. The number of ketones is 1. The Labute approximate surface area is 209 Å². The van der Waals surface area contributed by atoms with Gasteiger partial charge in [-0.1, -0.05) is 25.5 Å². The van der Waals surface area contributed by atoms with E-state index in [9.17, 15) is 19.2 Å². The zero-order valence-electron chi connectivity index (χ0n) is 21.4. The van der Waals surface area contributed by atoms with Crippen molar-refractivity contribution in [1.82, 2.24) is 5.32 Å². The van der Waals surface area contributed by atoms with E-state index < -0.39 is 29.6 Å². The maximum atomic E-state index is 13.8. The highest BCUT2D eigenvalue weighted by Gasteiger charge is 2.48. The van der Waals surface area contributed by atoms with Crippen molar-refractivity contribution >= 4 is 28.7 Å². The molecule has 36 heavy (non-hydrogen) atoms. The van der Waals surface area contributed by atoms with Gasteiger partial charge in [0.05, 0.1) is 36.4 Å². The van der Waals surface area contributed by atoms with Crippen LogP contribution in [0.5, 0.6) is 0 Å². The van der Waals surface area contributed by atoms with Gasteiger partial charge in [-0.15, -0.1) is 0 Å². The van der Waals surface area contributed by atoms with Crippen molar-refractivity contribution in [2.45, 2.75) is 59.5 Å². The summed E-state index contributed by atoms with van der Waals surface area (Å²) >= 11 is 0. The van der Waals surface area contributed by atoms with Crippen molar-refractivity contribution in [2.75, 3.05) is 7.11 Å². The normalized spacial score (nSPS) is 22.7. The minimum absolute atomic E-state index is 0.143. The molecule has 0 saturated carbocycles. The number of allylic oxidation sites excluding steroid dienone is 3. The molecule has 1 aliphatic carbocycles. The van der Waals surface area contributed by atoms with Crippen molar-refractivity contribution in [3.05, 3.63) is 68.4 Å². The fourth-order valence-electron chi connectivity index (χ4n) is 5.05. The Morgan fingerprint density at radius 3 is 2.61 bits per heavy atom. The average Bonchev–Trinajstić information content (AvgIpc) is 2.83. The van der Waals surface area contributed by atoms with Gasteiger partial charge < -0.3 is 19.2 Å². The van der Waals surface area contributed by atoms with Gasteiger partial charge in [0.25, 0.3) is 0 Å². The summed E-state index contributed by atoms with van der Waals surface area (Å²) in [4.78, 5) is 53.6. The average molecular weight is 494 g/mol. The van der Waals surface area contributed by atoms with Crippen LogP contribution in [0, 0.1) is 18.8 Å². The van der Waals surface area contributed by atoms with E-state index in [0.29, 0.717) is 35.2 Å². The summed E-state index contributed by atoms with van der Waals surface area (Å²) in [6, 6.07) is 5.27. The third-order valence-corrected chi connectivity index (χ3v) is 7.11. The molecule has 8 heteroatoms. The number of methoxy groups -OCH3 is 1. The number of nitrogens with one attached hydrogen (secondary N) is 1. The van der Waals surface area contributed by atoms with Crippen molar-refractivity contribution < 1.29 is 28.3 Å². The predicted octanol–water partition coefficient (Wildman–Crippen LogP) is 4.06. The highest BCUT2D eigenvalue weighted by Crippen LogP contribution is 2.45. The number of ether oxygens (including phenoxy) is 2. The quantitative estimate of drug-likeness (QED) is 0.490. The van der Waals surface area contributed by atoms with Gasteiger partial charge in [0.2, 0.25) is 0 Å². The molecular weight excluding hydrogens is 462 g/mol. The third-order valence-electron chi connectivity index (χ3n) is 7.11. The van der Waals surface area contributed by atoms with E-state index in [0.717, 1.165) is 5.56 Å². The summed E-state index contributed by atoms with van der Waals surface area (Å²) < 4.78 is 16.4. The molecule has 190 valence electrons. The van der Waals surface area contributed by atoms with E-state index in [-0.39, 0.29) is 34.2 Å². The first kappa shape index (κ1) is 25.4. The first-order valence-electron chi connectivity index (χ1n) is 12.1. The number of esters is 2. The minimum Gasteiger partial charge on any atom is -0.468 e. The summed E-state index contributed by atoms with van der Waals surface area (Å²) in [6.45, 7) is 9.06. The highest BCUT2D eigenvalue weighted by atomic mass is 16.5. The Balaban J connectivity index is 1.97. The van der Waals surface area contributed by atoms with Crippen LogP contribution >= 0.6 is 0 Å². The van der Waals surface area contributed by atoms with Gasteiger partial charge >= 0.3 is 11.9 Å². The molecule has 0 amide bonds. The van der Waals surface area contributed by atoms with Crippen LogP contribution in [0.3, 0.4) is 0 Å². The minimum atomic E-state index is -1.05. The predicted molar refractivity (Wildman–Crippen MR) is 133 cm³/mol. The highest BCUT2D eigenvalue weighted by molar-refractivity contribution is 6.12. The lowest BCUT2D eigenvalue weighted by Crippen LogP contribution is -2.44. The topological polar surface area (TPSA) is 112 Å². The lowest BCUT2D eigenvalue weighted by molar-refractivity contribution is -0.151. The Kier molecular flexibility index (Phi) is 6.89. The Hall–Kier alpha value is -3.68. The van der Waals surface area contributed by atoms with E-state index in [4.69, 9.17) is 13.9 Å². The molecule has 8 nitrogen and oxygen atoms in total. The van der Waals surface area contributed by atoms with E-state index in [1.165, 1.54) is 13.4 Å². The number of dihydropyridines is 1. The number of hydrogen-bond acceptors (Lipinski definition) is 8. The number of carbonyl (C=O) groups is 3. The molecule has 2 aromatic rings. The molecule has 0 spiro atoms. The summed E-state index contributed by atoms with van der Waals surface area (Å²) in [6.07, 6.45) is 1.92. The molecule has 2 heterocycles. The van der Waals surface area contributed by atoms with Gasteiger partial charge in [-0.25, -0.2) is 4.79 Å². The molecule has 2 aliphatic rings. The van der Waals surface area contributed by atoms with Gasteiger partial charge in [0.15, 0.2) is 11.2 Å². The molecule has 1 aromatic heterocycles. The van der Waals surface area contributed by atoms with Crippen LogP contribution in [-0.2, 0) is 23.9 Å². The fourth-order valence-corrected chi connectivity index (χ4v) is 5.05. The fraction of sp³-hybridized carbons (Fsp3) is 0.429. The van der Waals surface area contributed by atoms with Crippen LogP contribution < -0.4 is 10.7 Å². The number of rotatable bonds is 5. The van der Waals surface area contributed by atoms with Crippen molar-refractivity contribution in [2.24, 2.45) is 11.8 Å². The zero-order chi connectivity index (χ0) is 26.3.